The number of likely N-dealkylation sites (tertiary alicyclic amines) is 2. The van der Waals surface area contributed by atoms with Crippen molar-refractivity contribution < 1.29 is 41.6 Å². The van der Waals surface area contributed by atoms with Crippen LogP contribution in [0.5, 0.6) is 23.0 Å². The average Bonchev–Trinajstić information content (AvgIpc) is 3.92. The van der Waals surface area contributed by atoms with Crippen molar-refractivity contribution in [1.29, 1.82) is 0 Å². The molecular weight excluding hydrogens is 795 g/mol. The summed E-state index contributed by atoms with van der Waals surface area (Å²) in [6, 6.07) is 20.7. The van der Waals surface area contributed by atoms with Gasteiger partial charge in [-0.15, -0.1) is 0 Å². The molecule has 0 aliphatic carbocycles. The van der Waals surface area contributed by atoms with Crippen LogP contribution < -0.4 is 18.9 Å². The minimum absolute atomic E-state index is 0.0836. The van der Waals surface area contributed by atoms with E-state index in [9.17, 15) is 13.6 Å². The molecule has 62 heavy (non-hydrogen) atoms. The third kappa shape index (κ3) is 9.74. The number of hydrogen-bond donors (Lipinski definition) is 0. The summed E-state index contributed by atoms with van der Waals surface area (Å²) in [6.45, 7) is 10.6. The van der Waals surface area contributed by atoms with E-state index in [1.165, 1.54) is 24.3 Å². The normalized spacial score (nSPS) is 16.7. The summed E-state index contributed by atoms with van der Waals surface area (Å²) in [6.07, 6.45) is 5.60. The Kier molecular flexibility index (Phi) is 13.7. The molecule has 0 spiro atoms. The monoisotopic (exact) mass is 850 g/mol. The smallest absolute Gasteiger partial charge is 0.170 e. The Labute approximate surface area is 361 Å². The summed E-state index contributed by atoms with van der Waals surface area (Å²) in [5.74, 6) is 1.79. The first-order valence-corrected chi connectivity index (χ1v) is 21.9. The lowest BCUT2D eigenvalue weighted by Gasteiger charge is -2.31. The number of ketones is 1. The number of carbonyl (C=O) groups excluding carboxylic acids is 1. The second kappa shape index (κ2) is 19.7. The minimum atomic E-state index is -0.376. The Morgan fingerprint density at radius 3 is 1.45 bits per heavy atom. The van der Waals surface area contributed by atoms with Crippen LogP contribution in [0.1, 0.15) is 98.6 Å². The summed E-state index contributed by atoms with van der Waals surface area (Å²) < 4.78 is 61.8. The van der Waals surface area contributed by atoms with E-state index in [-0.39, 0.29) is 29.3 Å². The highest BCUT2D eigenvalue weighted by atomic mass is 19.1. The van der Waals surface area contributed by atoms with Crippen LogP contribution in [-0.2, 0) is 4.79 Å². The highest BCUT2D eigenvalue weighted by Gasteiger charge is 2.28. The van der Waals surface area contributed by atoms with Gasteiger partial charge >= 0.3 is 0 Å². The lowest BCUT2D eigenvalue weighted by Crippen LogP contribution is -2.34. The number of hydrogen-bond acceptors (Lipinski definition) is 11. The Hall–Kier alpha value is -5.53. The number of rotatable bonds is 18. The van der Waals surface area contributed by atoms with Crippen LogP contribution in [0.2, 0.25) is 0 Å². The van der Waals surface area contributed by atoms with Gasteiger partial charge in [-0.1, -0.05) is 36.3 Å². The van der Waals surface area contributed by atoms with Crippen molar-refractivity contribution >= 4 is 27.7 Å². The number of halogens is 2. The maximum atomic E-state index is 13.9. The van der Waals surface area contributed by atoms with Gasteiger partial charge in [-0.3, -0.25) is 4.79 Å². The molecule has 2 aliphatic heterocycles. The summed E-state index contributed by atoms with van der Waals surface area (Å²) in [5, 5.41) is 10.3. The lowest BCUT2D eigenvalue weighted by atomic mass is 9.85. The first-order chi connectivity index (χ1) is 30.2. The number of methoxy groups -OCH3 is 2. The zero-order valence-electron chi connectivity index (χ0n) is 36.0. The number of piperidine rings is 2. The Morgan fingerprint density at radius 2 is 1.05 bits per heavy atom. The van der Waals surface area contributed by atoms with Crippen molar-refractivity contribution in [2.24, 2.45) is 0 Å². The van der Waals surface area contributed by atoms with Crippen molar-refractivity contribution in [3.05, 3.63) is 107 Å². The molecule has 2 unspecified atom stereocenters. The highest BCUT2D eigenvalue weighted by molar-refractivity contribution is 5.91. The first kappa shape index (κ1) is 43.1. The van der Waals surface area contributed by atoms with Gasteiger partial charge in [-0.2, -0.15) is 0 Å². The van der Waals surface area contributed by atoms with E-state index < -0.39 is 0 Å². The molecule has 0 N–H and O–H groups in total. The molecule has 2 atom stereocenters. The van der Waals surface area contributed by atoms with Crippen molar-refractivity contribution in [3.63, 3.8) is 0 Å². The van der Waals surface area contributed by atoms with Crippen LogP contribution >= 0.6 is 0 Å². The molecule has 2 aliphatic rings. The van der Waals surface area contributed by atoms with Crippen LogP contribution in [0.3, 0.4) is 0 Å². The fraction of sp³-hybridized carbons (Fsp3) is 0.449. The molecular formula is C49H56F2N4O7. The Morgan fingerprint density at radius 1 is 0.629 bits per heavy atom. The topological polar surface area (TPSA) is 113 Å². The Bertz CT molecular complexity index is 2290. The van der Waals surface area contributed by atoms with Crippen molar-refractivity contribution in [3.8, 4) is 23.0 Å². The van der Waals surface area contributed by atoms with E-state index in [1.807, 2.05) is 50.2 Å². The summed E-state index contributed by atoms with van der Waals surface area (Å²) in [7, 11) is 3.24. The van der Waals surface area contributed by atoms with Crippen LogP contribution in [-0.4, -0.2) is 92.6 Å². The molecule has 2 saturated heterocycles. The van der Waals surface area contributed by atoms with E-state index in [4.69, 9.17) is 28.0 Å². The molecule has 8 rings (SSSR count). The second-order valence-corrected chi connectivity index (χ2v) is 16.7. The molecule has 2 aromatic heterocycles. The summed E-state index contributed by atoms with van der Waals surface area (Å²) in [4.78, 5) is 18.7. The van der Waals surface area contributed by atoms with Crippen LogP contribution in [0, 0.1) is 11.6 Å². The lowest BCUT2D eigenvalue weighted by molar-refractivity contribution is -0.121. The van der Waals surface area contributed by atoms with Crippen molar-refractivity contribution in [2.75, 3.05) is 66.7 Å². The van der Waals surface area contributed by atoms with Gasteiger partial charge in [0.15, 0.2) is 34.2 Å². The minimum Gasteiger partial charge on any atom is -0.493 e. The summed E-state index contributed by atoms with van der Waals surface area (Å²) >= 11 is 0. The van der Waals surface area contributed by atoms with Gasteiger partial charge in [0.2, 0.25) is 0 Å². The third-order valence-corrected chi connectivity index (χ3v) is 12.9. The first-order valence-electron chi connectivity index (χ1n) is 21.9. The SMILES string of the molecule is COc1cc(C(C)C(=O)C(C)c2ccc(OCCCN3CCC(c4noc5cc(F)ccc45)CC3)c(OC)c2)ccc1OCCCN1CCC(c2noc3cc(F)ccc23)CC1. The van der Waals surface area contributed by atoms with Gasteiger partial charge < -0.3 is 37.8 Å². The number of benzene rings is 4. The van der Waals surface area contributed by atoms with Crippen molar-refractivity contribution in [2.45, 2.75) is 76.0 Å². The summed E-state index contributed by atoms with van der Waals surface area (Å²) in [5.41, 5.74) is 4.58. The molecule has 4 aromatic carbocycles. The van der Waals surface area contributed by atoms with Crippen LogP contribution in [0.4, 0.5) is 8.78 Å². The standard InChI is InChI=1S/C49H56F2N4O7/c1-31(35-7-13-41(45(27-35)57-3)59-25-5-19-54-21-15-33(16-22-54)47-39-11-9-37(50)29-43(39)61-52-47)49(56)32(2)36-8-14-42(46(28-36)58-4)60-26-6-20-55-23-17-34(18-24-55)48-40-12-10-38(51)30-44(40)62-53-48/h7-14,27-34H,5-6,15-26H2,1-4H3. The molecule has 4 heterocycles. The number of nitrogens with zero attached hydrogens (tertiary/aromatic N) is 4. The van der Waals surface area contributed by atoms with Crippen LogP contribution in [0.25, 0.3) is 21.9 Å². The average molecular weight is 851 g/mol. The second-order valence-electron chi connectivity index (χ2n) is 16.7. The number of ether oxygens (including phenoxy) is 4. The molecule has 13 heteroatoms. The van der Waals surface area contributed by atoms with E-state index in [0.29, 0.717) is 59.2 Å². The van der Waals surface area contributed by atoms with Gasteiger partial charge in [0.25, 0.3) is 0 Å². The zero-order chi connectivity index (χ0) is 43.2. The van der Waals surface area contributed by atoms with Gasteiger partial charge in [0, 0.05) is 59.7 Å². The molecule has 2 fully saturated rings. The van der Waals surface area contributed by atoms with E-state index in [2.05, 4.69) is 20.1 Å². The molecule has 0 bridgehead atoms. The number of carbonyl (C=O) groups is 1. The molecule has 0 radical (unpaired) electrons. The van der Waals surface area contributed by atoms with E-state index >= 15 is 0 Å². The molecule has 6 aromatic rings. The van der Waals surface area contributed by atoms with Gasteiger partial charge in [0.05, 0.1) is 38.8 Å². The van der Waals surface area contributed by atoms with E-state index in [1.54, 1.807) is 26.4 Å². The fourth-order valence-electron chi connectivity index (χ4n) is 9.10. The quantitative estimate of drug-likeness (QED) is 0.0771. The Balaban J connectivity index is 0.763. The van der Waals surface area contributed by atoms with Crippen molar-refractivity contribution in [1.82, 2.24) is 20.1 Å². The molecule has 0 saturated carbocycles. The number of Topliss-reactive ketones (excluding diaryl/α,β-unsaturated/α-hetero) is 1. The molecule has 11 nitrogen and oxygen atoms in total. The fourth-order valence-corrected chi connectivity index (χ4v) is 9.10. The maximum Gasteiger partial charge on any atom is 0.170 e. The molecule has 328 valence electrons. The predicted octanol–water partition coefficient (Wildman–Crippen LogP) is 10.0. The third-order valence-electron chi connectivity index (χ3n) is 12.9. The van der Waals surface area contributed by atoms with Gasteiger partial charge in [0.1, 0.15) is 17.4 Å². The van der Waals surface area contributed by atoms with Crippen LogP contribution in [0.15, 0.2) is 81.8 Å². The molecule has 0 amide bonds. The maximum absolute atomic E-state index is 13.9. The zero-order valence-corrected chi connectivity index (χ0v) is 36.0. The van der Waals surface area contributed by atoms with Gasteiger partial charge in [-0.05, 0) is 124 Å². The van der Waals surface area contributed by atoms with E-state index in [0.717, 1.165) is 111 Å². The highest BCUT2D eigenvalue weighted by Crippen LogP contribution is 2.38. The number of fused-ring (bicyclic) bond motifs is 2. The number of aromatic nitrogens is 2. The van der Waals surface area contributed by atoms with Gasteiger partial charge in [-0.25, -0.2) is 8.78 Å². The largest absolute Gasteiger partial charge is 0.493 e. The predicted molar refractivity (Wildman–Crippen MR) is 233 cm³/mol.